The van der Waals surface area contributed by atoms with Gasteiger partial charge in [0, 0.05) is 10.0 Å². The van der Waals surface area contributed by atoms with E-state index >= 15 is 0 Å². The Balaban J connectivity index is 1.77. The van der Waals surface area contributed by atoms with E-state index in [0.29, 0.717) is 10.7 Å². The number of carbonyl (C=O) groups excluding carboxylic acids is 1. The van der Waals surface area contributed by atoms with Crippen LogP contribution in [0.15, 0.2) is 46.9 Å². The van der Waals surface area contributed by atoms with Crippen LogP contribution in [0.5, 0.6) is 0 Å². The van der Waals surface area contributed by atoms with Crippen molar-refractivity contribution in [2.75, 3.05) is 5.32 Å². The molecule has 3 rings (SSSR count). The molecule has 1 amide bonds. The van der Waals surface area contributed by atoms with E-state index in [2.05, 4.69) is 45.3 Å². The molecule has 0 saturated heterocycles. The number of hydrogen-bond acceptors (Lipinski definition) is 3. The lowest BCUT2D eigenvalue weighted by Crippen LogP contribution is -2.11. The number of carbonyl (C=O) groups is 1. The van der Waals surface area contributed by atoms with Gasteiger partial charge in [-0.2, -0.15) is 0 Å². The zero-order valence-electron chi connectivity index (χ0n) is 12.8. The molecule has 0 radical (unpaired) electrons. The summed E-state index contributed by atoms with van der Waals surface area (Å²) in [5, 5.41) is 3.52. The average Bonchev–Trinajstić information content (AvgIpc) is 2.94. The predicted octanol–water partition coefficient (Wildman–Crippen LogP) is 5.65. The van der Waals surface area contributed by atoms with Gasteiger partial charge in [0.05, 0.1) is 10.2 Å². The molecule has 23 heavy (non-hydrogen) atoms. The summed E-state index contributed by atoms with van der Waals surface area (Å²) in [5.74, 6) is -0.136. The molecule has 118 valence electrons. The number of aryl methyl sites for hydroxylation is 1. The summed E-state index contributed by atoms with van der Waals surface area (Å²) in [7, 11) is 0. The zero-order chi connectivity index (χ0) is 16.2. The summed E-state index contributed by atoms with van der Waals surface area (Å²) in [6.07, 6.45) is 3.47. The Morgan fingerprint density at radius 3 is 2.74 bits per heavy atom. The number of unbranched alkanes of at least 4 members (excludes halogenated alkanes) is 1. The van der Waals surface area contributed by atoms with Gasteiger partial charge >= 0.3 is 0 Å². The van der Waals surface area contributed by atoms with E-state index in [1.807, 2.05) is 18.2 Å². The number of rotatable bonds is 5. The molecule has 0 aliphatic rings. The fraction of sp³-hybridized carbons (Fsp3) is 0.222. The van der Waals surface area contributed by atoms with Crippen molar-refractivity contribution in [1.29, 1.82) is 0 Å². The van der Waals surface area contributed by atoms with E-state index < -0.39 is 0 Å². The maximum Gasteiger partial charge on any atom is 0.257 e. The van der Waals surface area contributed by atoms with Crippen LogP contribution < -0.4 is 5.32 Å². The number of nitrogens with zero attached hydrogens (tertiary/aromatic N) is 1. The number of amides is 1. The minimum absolute atomic E-state index is 0.136. The first-order valence-corrected chi connectivity index (χ1v) is 9.23. The quantitative estimate of drug-likeness (QED) is 0.612. The highest BCUT2D eigenvalue weighted by atomic mass is 79.9. The van der Waals surface area contributed by atoms with E-state index in [1.54, 1.807) is 12.1 Å². The van der Waals surface area contributed by atoms with Gasteiger partial charge in [0.2, 0.25) is 0 Å². The molecule has 0 atom stereocenters. The van der Waals surface area contributed by atoms with Crippen LogP contribution in [0, 0.1) is 0 Å². The average molecular weight is 389 g/mol. The van der Waals surface area contributed by atoms with Crippen LogP contribution in [-0.4, -0.2) is 10.9 Å². The summed E-state index contributed by atoms with van der Waals surface area (Å²) in [6.45, 7) is 2.20. The largest absolute Gasteiger partial charge is 0.298 e. The van der Waals surface area contributed by atoms with Gasteiger partial charge in [0.1, 0.15) is 0 Å². The highest BCUT2D eigenvalue weighted by molar-refractivity contribution is 9.10. The maximum atomic E-state index is 12.3. The summed E-state index contributed by atoms with van der Waals surface area (Å²) < 4.78 is 2.07. The van der Waals surface area contributed by atoms with E-state index in [9.17, 15) is 4.79 Å². The highest BCUT2D eigenvalue weighted by Crippen LogP contribution is 2.27. The van der Waals surface area contributed by atoms with Gasteiger partial charge in [-0.1, -0.05) is 46.7 Å². The lowest BCUT2D eigenvalue weighted by Gasteiger charge is -2.01. The standard InChI is InChI=1S/C18H17BrN2OS/c1-2-3-4-12-5-10-15-16(11-12)23-18(20-15)21-17(22)13-6-8-14(19)9-7-13/h5-11H,2-4H2,1H3,(H,20,21,22). The minimum Gasteiger partial charge on any atom is -0.298 e. The molecule has 0 bridgehead atoms. The van der Waals surface area contributed by atoms with E-state index in [4.69, 9.17) is 0 Å². The Hall–Kier alpha value is -1.72. The number of fused-ring (bicyclic) bond motifs is 1. The Morgan fingerprint density at radius 1 is 1.22 bits per heavy atom. The van der Waals surface area contributed by atoms with Gasteiger partial charge in [0.25, 0.3) is 5.91 Å². The van der Waals surface area contributed by atoms with Crippen molar-refractivity contribution in [3.63, 3.8) is 0 Å². The molecule has 3 nitrogen and oxygen atoms in total. The third-order valence-corrected chi connectivity index (χ3v) is 5.06. The second kappa shape index (κ2) is 7.23. The number of nitrogens with one attached hydrogen (secondary N) is 1. The van der Waals surface area contributed by atoms with E-state index in [1.165, 1.54) is 29.7 Å². The number of hydrogen-bond donors (Lipinski definition) is 1. The van der Waals surface area contributed by atoms with Crippen LogP contribution >= 0.6 is 27.3 Å². The SMILES string of the molecule is CCCCc1ccc2nc(NC(=O)c3ccc(Br)cc3)sc2c1. The van der Waals surface area contributed by atoms with Gasteiger partial charge in [-0.15, -0.1) is 0 Å². The number of thiazole rings is 1. The van der Waals surface area contributed by atoms with Crippen molar-refractivity contribution in [2.24, 2.45) is 0 Å². The van der Waals surface area contributed by atoms with Gasteiger partial charge in [-0.05, 0) is 54.8 Å². The third kappa shape index (κ3) is 3.98. The van der Waals surface area contributed by atoms with Crippen molar-refractivity contribution in [3.05, 3.63) is 58.1 Å². The van der Waals surface area contributed by atoms with Crippen LogP contribution in [-0.2, 0) is 6.42 Å². The maximum absolute atomic E-state index is 12.3. The molecule has 0 aliphatic carbocycles. The molecule has 0 saturated carbocycles. The monoisotopic (exact) mass is 388 g/mol. The number of halogens is 1. The third-order valence-electron chi connectivity index (χ3n) is 3.60. The summed E-state index contributed by atoms with van der Waals surface area (Å²) in [6, 6.07) is 13.6. The van der Waals surface area contributed by atoms with Crippen LogP contribution in [0.25, 0.3) is 10.2 Å². The second-order valence-electron chi connectivity index (χ2n) is 5.39. The van der Waals surface area contributed by atoms with Gasteiger partial charge in [0.15, 0.2) is 5.13 Å². The molecular weight excluding hydrogens is 372 g/mol. The fourth-order valence-electron chi connectivity index (χ4n) is 2.33. The second-order valence-corrected chi connectivity index (χ2v) is 7.33. The lowest BCUT2D eigenvalue weighted by molar-refractivity contribution is 0.102. The lowest BCUT2D eigenvalue weighted by atomic mass is 10.1. The Labute approximate surface area is 147 Å². The molecule has 1 N–H and O–H groups in total. The normalized spacial score (nSPS) is 10.9. The molecule has 3 aromatic rings. The van der Waals surface area contributed by atoms with Crippen molar-refractivity contribution >= 4 is 48.5 Å². The van der Waals surface area contributed by atoms with Gasteiger partial charge in [-0.3, -0.25) is 10.1 Å². The predicted molar refractivity (Wildman–Crippen MR) is 100 cm³/mol. The topological polar surface area (TPSA) is 42.0 Å². The first kappa shape index (κ1) is 16.1. The summed E-state index contributed by atoms with van der Waals surface area (Å²) in [4.78, 5) is 16.7. The van der Waals surface area contributed by atoms with E-state index in [0.717, 1.165) is 21.1 Å². The van der Waals surface area contributed by atoms with Crippen molar-refractivity contribution in [3.8, 4) is 0 Å². The molecule has 0 fully saturated rings. The van der Waals surface area contributed by atoms with Crippen molar-refractivity contribution in [1.82, 2.24) is 4.98 Å². The minimum atomic E-state index is -0.136. The fourth-order valence-corrected chi connectivity index (χ4v) is 3.52. The van der Waals surface area contributed by atoms with Crippen LogP contribution in [0.3, 0.4) is 0 Å². The zero-order valence-corrected chi connectivity index (χ0v) is 15.2. The van der Waals surface area contributed by atoms with E-state index in [-0.39, 0.29) is 5.91 Å². The number of benzene rings is 2. The molecule has 5 heteroatoms. The first-order chi connectivity index (χ1) is 11.2. The van der Waals surface area contributed by atoms with Crippen LogP contribution in [0.4, 0.5) is 5.13 Å². The molecule has 1 heterocycles. The molecule has 0 spiro atoms. The van der Waals surface area contributed by atoms with Gasteiger partial charge < -0.3 is 0 Å². The summed E-state index contributed by atoms with van der Waals surface area (Å²) in [5.41, 5.74) is 2.88. The first-order valence-electron chi connectivity index (χ1n) is 7.62. The Bertz CT molecular complexity index is 827. The molecule has 0 unspecified atom stereocenters. The van der Waals surface area contributed by atoms with Crippen molar-refractivity contribution in [2.45, 2.75) is 26.2 Å². The molecule has 2 aromatic carbocycles. The summed E-state index contributed by atoms with van der Waals surface area (Å²) >= 11 is 4.89. The van der Waals surface area contributed by atoms with Gasteiger partial charge in [-0.25, -0.2) is 4.98 Å². The number of aromatic nitrogens is 1. The molecule has 0 aliphatic heterocycles. The Morgan fingerprint density at radius 2 is 2.00 bits per heavy atom. The Kier molecular flexibility index (Phi) is 5.08. The smallest absolute Gasteiger partial charge is 0.257 e. The number of anilines is 1. The molecule has 1 aromatic heterocycles. The van der Waals surface area contributed by atoms with Crippen LogP contribution in [0.2, 0.25) is 0 Å². The van der Waals surface area contributed by atoms with Crippen molar-refractivity contribution < 1.29 is 4.79 Å². The van der Waals surface area contributed by atoms with Crippen LogP contribution in [0.1, 0.15) is 35.7 Å². The molecular formula is C18H17BrN2OS. The highest BCUT2D eigenvalue weighted by Gasteiger charge is 2.10.